The molecule has 0 aliphatic heterocycles. The molecule has 1 aliphatic rings. The number of aliphatic carboxylic acids is 1. The molecule has 0 radical (unpaired) electrons. The van der Waals surface area contributed by atoms with E-state index in [0.717, 1.165) is 44.9 Å². The normalized spacial score (nSPS) is 15.0. The third kappa shape index (κ3) is 6.28. The summed E-state index contributed by atoms with van der Waals surface area (Å²) in [6, 6.07) is 1.51. The van der Waals surface area contributed by atoms with Gasteiger partial charge in [0.15, 0.2) is 11.5 Å². The fraction of sp³-hybridized carbons (Fsp3) is 0.652. The number of aromatic hydroxyl groups is 3. The summed E-state index contributed by atoms with van der Waals surface area (Å²) < 4.78 is 5.12. The maximum absolute atomic E-state index is 11.1. The molecule has 168 valence electrons. The fourth-order valence-electron chi connectivity index (χ4n) is 3.76. The number of hydrogen-bond donors (Lipinski definition) is 4. The molecule has 0 unspecified atom stereocenters. The molecule has 7 heteroatoms. The molecule has 7 nitrogen and oxygen atoms in total. The Morgan fingerprint density at radius 1 is 1.07 bits per heavy atom. The SMILES string of the molecule is CC(C)(CCCCCc1c(O)cc(CCCCC2(OC=O)CC2)c(O)c1O)C(=O)O. The van der Waals surface area contributed by atoms with Gasteiger partial charge in [0.05, 0.1) is 5.41 Å². The van der Waals surface area contributed by atoms with Crippen molar-refractivity contribution in [1.82, 2.24) is 0 Å². The second kappa shape index (κ2) is 10.0. The van der Waals surface area contributed by atoms with Crippen molar-refractivity contribution in [2.45, 2.75) is 90.1 Å². The van der Waals surface area contributed by atoms with Gasteiger partial charge in [-0.3, -0.25) is 9.59 Å². The molecule has 1 fully saturated rings. The van der Waals surface area contributed by atoms with E-state index in [1.807, 2.05) is 0 Å². The molecule has 1 aromatic rings. The molecule has 0 atom stereocenters. The zero-order valence-corrected chi connectivity index (χ0v) is 17.9. The van der Waals surface area contributed by atoms with Gasteiger partial charge in [-0.2, -0.15) is 0 Å². The van der Waals surface area contributed by atoms with E-state index in [9.17, 15) is 24.9 Å². The van der Waals surface area contributed by atoms with E-state index in [0.29, 0.717) is 43.3 Å². The number of carboxylic acids is 1. The van der Waals surface area contributed by atoms with Gasteiger partial charge in [0, 0.05) is 11.1 Å². The van der Waals surface area contributed by atoms with Crippen molar-refractivity contribution in [3.63, 3.8) is 0 Å². The third-order valence-electron chi connectivity index (χ3n) is 6.18. The monoisotopic (exact) mass is 422 g/mol. The number of aryl methyl sites for hydroxylation is 1. The molecule has 0 saturated heterocycles. The first kappa shape index (κ1) is 23.8. The summed E-state index contributed by atoms with van der Waals surface area (Å²) in [5.41, 5.74) is -0.233. The van der Waals surface area contributed by atoms with Crippen molar-refractivity contribution in [1.29, 1.82) is 0 Å². The summed E-state index contributed by atoms with van der Waals surface area (Å²) in [6.45, 7) is 3.90. The molecule has 30 heavy (non-hydrogen) atoms. The highest BCUT2D eigenvalue weighted by atomic mass is 16.5. The predicted molar refractivity (Wildman–Crippen MR) is 112 cm³/mol. The second-order valence-electron chi connectivity index (χ2n) is 9.08. The van der Waals surface area contributed by atoms with E-state index in [4.69, 9.17) is 9.84 Å². The largest absolute Gasteiger partial charge is 0.508 e. The number of phenols is 3. The van der Waals surface area contributed by atoms with Crippen LogP contribution in [0.25, 0.3) is 0 Å². The minimum Gasteiger partial charge on any atom is -0.508 e. The van der Waals surface area contributed by atoms with Crippen LogP contribution >= 0.6 is 0 Å². The first-order chi connectivity index (χ1) is 14.1. The summed E-state index contributed by atoms with van der Waals surface area (Å²) in [5, 5.41) is 40.1. The lowest BCUT2D eigenvalue weighted by atomic mass is 9.87. The lowest BCUT2D eigenvalue weighted by molar-refractivity contribution is -0.147. The van der Waals surface area contributed by atoms with Gasteiger partial charge in [0.2, 0.25) is 0 Å². The van der Waals surface area contributed by atoms with Gasteiger partial charge in [0.1, 0.15) is 11.4 Å². The number of rotatable bonds is 14. The van der Waals surface area contributed by atoms with Crippen molar-refractivity contribution in [2.24, 2.45) is 5.41 Å². The number of phenolic OH excluding ortho intramolecular Hbond substituents is 3. The minimum atomic E-state index is -0.818. The van der Waals surface area contributed by atoms with Crippen LogP contribution in [-0.2, 0) is 27.2 Å². The molecule has 0 heterocycles. The van der Waals surface area contributed by atoms with E-state index < -0.39 is 11.4 Å². The third-order valence-corrected chi connectivity index (χ3v) is 6.18. The Bertz CT molecular complexity index is 750. The number of ether oxygens (including phenoxy) is 1. The number of hydrogen-bond acceptors (Lipinski definition) is 6. The number of benzene rings is 1. The highest BCUT2D eigenvalue weighted by molar-refractivity contribution is 5.73. The van der Waals surface area contributed by atoms with Gasteiger partial charge in [0.25, 0.3) is 6.47 Å². The first-order valence-electron chi connectivity index (χ1n) is 10.7. The molecule has 0 aromatic heterocycles. The molecule has 0 amide bonds. The van der Waals surface area contributed by atoms with Crippen molar-refractivity contribution in [3.8, 4) is 17.2 Å². The van der Waals surface area contributed by atoms with Gasteiger partial charge in [-0.15, -0.1) is 0 Å². The standard InChI is InChI=1S/C23H34O7/c1-22(2,21(28)29)10-6-3-4-9-17-18(25)14-16(19(26)20(17)27)8-5-7-11-23(12-13-23)30-15-24/h14-15,25-27H,3-13H2,1-2H3,(H,28,29). The predicted octanol–water partition coefficient (Wildman–Crippen LogP) is 4.44. The van der Waals surface area contributed by atoms with Crippen LogP contribution in [0, 0.1) is 5.41 Å². The second-order valence-corrected chi connectivity index (χ2v) is 9.08. The summed E-state index contributed by atoms with van der Waals surface area (Å²) in [6.07, 6.45) is 7.78. The summed E-state index contributed by atoms with van der Waals surface area (Å²) in [4.78, 5) is 21.6. The lowest BCUT2D eigenvalue weighted by Gasteiger charge is -2.18. The smallest absolute Gasteiger partial charge is 0.309 e. The van der Waals surface area contributed by atoms with Gasteiger partial charge in [-0.25, -0.2) is 0 Å². The zero-order valence-electron chi connectivity index (χ0n) is 17.9. The van der Waals surface area contributed by atoms with Crippen LogP contribution in [0.1, 0.15) is 82.8 Å². The molecule has 1 saturated carbocycles. The molecule has 0 spiro atoms. The zero-order chi connectivity index (χ0) is 22.4. The van der Waals surface area contributed by atoms with E-state index in [2.05, 4.69) is 0 Å². The van der Waals surface area contributed by atoms with Gasteiger partial charge in [-0.05, 0) is 77.7 Å². The van der Waals surface area contributed by atoms with Crippen LogP contribution in [0.4, 0.5) is 0 Å². The molecule has 0 bridgehead atoms. The molecule has 4 N–H and O–H groups in total. The molecular weight excluding hydrogens is 388 g/mol. The maximum Gasteiger partial charge on any atom is 0.309 e. The molecule has 1 aromatic carbocycles. The number of carboxylic acid groups (broad SMARTS) is 1. The van der Waals surface area contributed by atoms with Crippen LogP contribution in [0.3, 0.4) is 0 Å². The van der Waals surface area contributed by atoms with Gasteiger partial charge < -0.3 is 25.2 Å². The highest BCUT2D eigenvalue weighted by Crippen LogP contribution is 2.44. The number of carbonyl (C=O) groups excluding carboxylic acids is 1. The lowest BCUT2D eigenvalue weighted by Crippen LogP contribution is -2.23. The van der Waals surface area contributed by atoms with Crippen molar-refractivity contribution in [2.75, 3.05) is 0 Å². The van der Waals surface area contributed by atoms with E-state index in [1.165, 1.54) is 6.07 Å². The van der Waals surface area contributed by atoms with Crippen LogP contribution in [0.15, 0.2) is 6.07 Å². The Balaban J connectivity index is 1.82. The van der Waals surface area contributed by atoms with E-state index in [1.54, 1.807) is 13.8 Å². The maximum atomic E-state index is 11.1. The van der Waals surface area contributed by atoms with Crippen molar-refractivity contribution >= 4 is 12.4 Å². The fourth-order valence-corrected chi connectivity index (χ4v) is 3.76. The van der Waals surface area contributed by atoms with Crippen LogP contribution in [0.5, 0.6) is 17.2 Å². The summed E-state index contributed by atoms with van der Waals surface area (Å²) in [5.74, 6) is -1.32. The molecule has 2 rings (SSSR count). The van der Waals surface area contributed by atoms with Crippen LogP contribution in [-0.4, -0.2) is 38.5 Å². The Morgan fingerprint density at radius 3 is 2.33 bits per heavy atom. The Kier molecular flexibility index (Phi) is 7.98. The topological polar surface area (TPSA) is 124 Å². The van der Waals surface area contributed by atoms with E-state index >= 15 is 0 Å². The van der Waals surface area contributed by atoms with Crippen molar-refractivity contribution in [3.05, 3.63) is 17.2 Å². The summed E-state index contributed by atoms with van der Waals surface area (Å²) in [7, 11) is 0. The Morgan fingerprint density at radius 2 is 1.73 bits per heavy atom. The van der Waals surface area contributed by atoms with Crippen LogP contribution in [0.2, 0.25) is 0 Å². The minimum absolute atomic E-state index is 0.0332. The van der Waals surface area contributed by atoms with E-state index in [-0.39, 0.29) is 22.8 Å². The molecule has 1 aliphatic carbocycles. The first-order valence-corrected chi connectivity index (χ1v) is 10.7. The van der Waals surface area contributed by atoms with Gasteiger partial charge in [-0.1, -0.05) is 12.8 Å². The van der Waals surface area contributed by atoms with Crippen LogP contribution < -0.4 is 0 Å². The Labute approximate surface area is 177 Å². The highest BCUT2D eigenvalue weighted by Gasteiger charge is 2.44. The van der Waals surface area contributed by atoms with Crippen molar-refractivity contribution < 1.29 is 34.8 Å². The number of carbonyl (C=O) groups is 2. The number of unbranched alkanes of at least 4 members (excludes halogenated alkanes) is 3. The Hall–Kier alpha value is -2.44. The average molecular weight is 423 g/mol. The summed E-state index contributed by atoms with van der Waals surface area (Å²) >= 11 is 0. The average Bonchev–Trinajstić information content (AvgIpc) is 3.44. The van der Waals surface area contributed by atoms with Gasteiger partial charge >= 0.3 is 5.97 Å². The quantitative estimate of drug-likeness (QED) is 0.151. The molecular formula is C23H34O7.